The van der Waals surface area contributed by atoms with E-state index < -0.39 is 12.0 Å². The van der Waals surface area contributed by atoms with Crippen LogP contribution >= 0.6 is 0 Å². The molecule has 4 heteroatoms. The van der Waals surface area contributed by atoms with Gasteiger partial charge in [0.2, 0.25) is 5.78 Å². The summed E-state index contributed by atoms with van der Waals surface area (Å²) in [6.07, 6.45) is -4.64. The fraction of sp³-hybridized carbons (Fsp3) is 0.222. The van der Waals surface area contributed by atoms with Crippen LogP contribution in [0.25, 0.3) is 0 Å². The Balaban J connectivity index is 0.000000223. The van der Waals surface area contributed by atoms with Gasteiger partial charge in [0.25, 0.3) is 0 Å². The van der Waals surface area contributed by atoms with E-state index in [1.54, 1.807) is 0 Å². The number of rotatable bonds is 0. The third-order valence-electron chi connectivity index (χ3n) is 1.07. The highest BCUT2D eigenvalue weighted by molar-refractivity contribution is 5.81. The van der Waals surface area contributed by atoms with Gasteiger partial charge in [-0.1, -0.05) is 36.4 Å². The molecular weight excluding hydrogens is 181 g/mol. The first-order valence-electron chi connectivity index (χ1n) is 3.52. The largest absolute Gasteiger partial charge is 0.449 e. The monoisotopic (exact) mass is 190 g/mol. The number of Topliss-reactive ketones (excluding diaryl/α,β-unsaturated/α-hetero) is 1. The maximum absolute atomic E-state index is 10.8. The molecule has 0 aliphatic carbocycles. The average Bonchev–Trinajstić information content (AvgIpc) is 2.07. The van der Waals surface area contributed by atoms with Gasteiger partial charge in [-0.3, -0.25) is 4.79 Å². The summed E-state index contributed by atoms with van der Waals surface area (Å²) in [6, 6.07) is 12.0. The maximum Gasteiger partial charge on any atom is 0.449 e. The van der Waals surface area contributed by atoms with Crippen molar-refractivity contribution in [3.8, 4) is 0 Å². The van der Waals surface area contributed by atoms with Crippen LogP contribution in [0, 0.1) is 0 Å². The molecular formula is C9H9F3O. The van der Waals surface area contributed by atoms with Crippen molar-refractivity contribution >= 4 is 5.78 Å². The Hall–Kier alpha value is -1.32. The van der Waals surface area contributed by atoms with Crippen molar-refractivity contribution in [2.24, 2.45) is 0 Å². The van der Waals surface area contributed by atoms with Crippen LogP contribution in [0.2, 0.25) is 0 Å². The smallest absolute Gasteiger partial charge is 0.290 e. The summed E-state index contributed by atoms with van der Waals surface area (Å²) in [6.45, 7) is 0.486. The quantitative estimate of drug-likeness (QED) is 0.614. The lowest BCUT2D eigenvalue weighted by Crippen LogP contribution is -2.18. The lowest BCUT2D eigenvalue weighted by Gasteiger charge is -1.95. The molecule has 13 heavy (non-hydrogen) atoms. The van der Waals surface area contributed by atoms with E-state index in [2.05, 4.69) is 0 Å². The highest BCUT2D eigenvalue weighted by Gasteiger charge is 2.33. The molecule has 1 rings (SSSR count). The van der Waals surface area contributed by atoms with Crippen molar-refractivity contribution in [3.63, 3.8) is 0 Å². The molecule has 0 amide bonds. The van der Waals surface area contributed by atoms with Crippen LogP contribution in [0.15, 0.2) is 36.4 Å². The molecule has 0 N–H and O–H groups in total. The van der Waals surface area contributed by atoms with Crippen LogP contribution in [0.4, 0.5) is 13.2 Å². The van der Waals surface area contributed by atoms with E-state index in [-0.39, 0.29) is 0 Å². The summed E-state index contributed by atoms with van der Waals surface area (Å²) >= 11 is 0. The number of benzene rings is 1. The van der Waals surface area contributed by atoms with Crippen LogP contribution < -0.4 is 0 Å². The van der Waals surface area contributed by atoms with Crippen LogP contribution in [-0.4, -0.2) is 12.0 Å². The zero-order valence-electron chi connectivity index (χ0n) is 7.01. The maximum atomic E-state index is 10.8. The predicted molar refractivity (Wildman–Crippen MR) is 43.2 cm³/mol. The summed E-state index contributed by atoms with van der Waals surface area (Å²) in [7, 11) is 0. The summed E-state index contributed by atoms with van der Waals surface area (Å²) < 4.78 is 32.5. The van der Waals surface area contributed by atoms with Gasteiger partial charge in [0.05, 0.1) is 0 Å². The minimum absolute atomic E-state index is 0.486. The Morgan fingerprint density at radius 2 is 1.08 bits per heavy atom. The molecule has 72 valence electrons. The molecule has 0 saturated heterocycles. The van der Waals surface area contributed by atoms with E-state index in [0.29, 0.717) is 6.92 Å². The molecule has 0 heterocycles. The molecule has 1 nitrogen and oxygen atoms in total. The van der Waals surface area contributed by atoms with Gasteiger partial charge in [0, 0.05) is 6.92 Å². The topological polar surface area (TPSA) is 17.1 Å². The highest BCUT2D eigenvalue weighted by atomic mass is 19.4. The van der Waals surface area contributed by atoms with Crippen LogP contribution in [0.3, 0.4) is 0 Å². The van der Waals surface area contributed by atoms with Gasteiger partial charge in [-0.15, -0.1) is 0 Å². The number of ketones is 1. The van der Waals surface area contributed by atoms with E-state index in [9.17, 15) is 18.0 Å². The number of alkyl halides is 3. The van der Waals surface area contributed by atoms with Gasteiger partial charge >= 0.3 is 6.18 Å². The van der Waals surface area contributed by atoms with E-state index >= 15 is 0 Å². The second kappa shape index (κ2) is 5.35. The molecule has 0 unspecified atom stereocenters. The first-order valence-corrected chi connectivity index (χ1v) is 3.52. The molecule has 1 aromatic rings. The number of hydrogen-bond acceptors (Lipinski definition) is 1. The van der Waals surface area contributed by atoms with E-state index in [1.807, 2.05) is 36.4 Å². The average molecular weight is 190 g/mol. The third kappa shape index (κ3) is 7.05. The van der Waals surface area contributed by atoms with E-state index in [4.69, 9.17) is 0 Å². The molecule has 0 aliphatic heterocycles. The minimum Gasteiger partial charge on any atom is -0.290 e. The normalized spacial score (nSPS) is 9.85. The van der Waals surface area contributed by atoms with Crippen molar-refractivity contribution in [2.45, 2.75) is 13.1 Å². The summed E-state index contributed by atoms with van der Waals surface area (Å²) in [5.41, 5.74) is 0. The van der Waals surface area contributed by atoms with E-state index in [0.717, 1.165) is 0 Å². The number of halogens is 3. The van der Waals surface area contributed by atoms with Crippen LogP contribution in [0.5, 0.6) is 0 Å². The Bertz CT molecular complexity index is 214. The summed E-state index contributed by atoms with van der Waals surface area (Å²) in [5.74, 6) is -1.76. The Morgan fingerprint density at radius 1 is 0.923 bits per heavy atom. The first-order chi connectivity index (χ1) is 5.94. The van der Waals surface area contributed by atoms with Crippen molar-refractivity contribution in [2.75, 3.05) is 0 Å². The molecule has 1 aromatic carbocycles. The summed E-state index contributed by atoms with van der Waals surface area (Å²) in [5, 5.41) is 0. The number of carbonyl (C=O) groups is 1. The van der Waals surface area contributed by atoms with E-state index in [1.165, 1.54) is 0 Å². The number of hydrogen-bond donors (Lipinski definition) is 0. The van der Waals surface area contributed by atoms with Gasteiger partial charge < -0.3 is 0 Å². The molecule has 0 fully saturated rings. The van der Waals surface area contributed by atoms with Gasteiger partial charge in [-0.25, -0.2) is 0 Å². The molecule has 0 saturated carbocycles. The molecule has 0 bridgehead atoms. The molecule has 0 spiro atoms. The van der Waals surface area contributed by atoms with Gasteiger partial charge in [0.15, 0.2) is 0 Å². The second-order valence-electron chi connectivity index (χ2n) is 2.21. The minimum atomic E-state index is -4.64. The summed E-state index contributed by atoms with van der Waals surface area (Å²) in [4.78, 5) is 9.34. The fourth-order valence-corrected chi connectivity index (χ4v) is 0.385. The van der Waals surface area contributed by atoms with Crippen molar-refractivity contribution in [1.29, 1.82) is 0 Å². The Morgan fingerprint density at radius 3 is 1.15 bits per heavy atom. The highest BCUT2D eigenvalue weighted by Crippen LogP contribution is 2.14. The predicted octanol–water partition coefficient (Wildman–Crippen LogP) is 2.82. The van der Waals surface area contributed by atoms with Crippen molar-refractivity contribution in [3.05, 3.63) is 36.4 Å². The fourth-order valence-electron chi connectivity index (χ4n) is 0.385. The Labute approximate surface area is 74.2 Å². The second-order valence-corrected chi connectivity index (χ2v) is 2.21. The van der Waals surface area contributed by atoms with Gasteiger partial charge in [0.1, 0.15) is 0 Å². The lowest BCUT2D eigenvalue weighted by molar-refractivity contribution is -0.168. The first kappa shape index (κ1) is 11.7. The molecule has 0 atom stereocenters. The molecule has 0 radical (unpaired) electrons. The third-order valence-corrected chi connectivity index (χ3v) is 1.07. The standard InChI is InChI=1S/C6H6.C3H3F3O/c1-2-4-6-5-3-1;1-2(7)3(4,5)6/h1-6H;1H3. The molecule has 0 aliphatic rings. The molecule has 0 aromatic heterocycles. The Kier molecular flexibility index (Phi) is 4.80. The lowest BCUT2D eigenvalue weighted by atomic mass is 10.4. The zero-order valence-corrected chi connectivity index (χ0v) is 7.01. The van der Waals surface area contributed by atoms with Crippen molar-refractivity contribution in [1.82, 2.24) is 0 Å². The van der Waals surface area contributed by atoms with Crippen LogP contribution in [0.1, 0.15) is 6.92 Å². The van der Waals surface area contributed by atoms with Gasteiger partial charge in [-0.05, 0) is 0 Å². The SMILES string of the molecule is CC(=O)C(F)(F)F.c1ccccc1. The number of carbonyl (C=O) groups excluding carboxylic acids is 1. The zero-order chi connectivity index (χ0) is 10.3. The van der Waals surface area contributed by atoms with Gasteiger partial charge in [-0.2, -0.15) is 13.2 Å². The van der Waals surface area contributed by atoms with Crippen molar-refractivity contribution < 1.29 is 18.0 Å². The van der Waals surface area contributed by atoms with Crippen LogP contribution in [-0.2, 0) is 4.79 Å².